The van der Waals surface area contributed by atoms with Gasteiger partial charge in [0.1, 0.15) is 160 Å². The van der Waals surface area contributed by atoms with Crippen LogP contribution in [0.15, 0.2) is 244 Å². The molecular weight excluding hydrogens is 1570 g/mol. The summed E-state index contributed by atoms with van der Waals surface area (Å²) in [7, 11) is 0. The first-order valence-electron chi connectivity index (χ1n) is 42.5. The minimum absolute atomic E-state index is 0.0283. The van der Waals surface area contributed by atoms with E-state index in [0.29, 0.717) is 77.9 Å². The average Bonchev–Trinajstić information content (AvgIpc) is 1.75. The minimum Gasteiger partial charge on any atom is -0.491 e. The van der Waals surface area contributed by atoms with Crippen LogP contribution in [0.1, 0.15) is 110 Å². The van der Waals surface area contributed by atoms with Gasteiger partial charge in [0.2, 0.25) is 0 Å². The fourth-order valence-corrected chi connectivity index (χ4v) is 13.7. The summed E-state index contributed by atoms with van der Waals surface area (Å²) in [6, 6.07) is 75.4. The monoisotopic (exact) mass is 1680 g/mol. The zero-order valence-corrected chi connectivity index (χ0v) is 71.1. The number of unbranched alkanes of at least 4 members (excludes halogenated alkanes) is 1. The van der Waals surface area contributed by atoms with Crippen molar-refractivity contribution in [3.05, 3.63) is 299 Å². The highest BCUT2D eigenvalue weighted by atomic mass is 16.6. The van der Waals surface area contributed by atoms with Crippen LogP contribution in [0.4, 0.5) is 0 Å². The van der Waals surface area contributed by atoms with Gasteiger partial charge >= 0.3 is 11.9 Å². The van der Waals surface area contributed by atoms with Gasteiger partial charge in [-0.15, -0.1) is 0 Å². The van der Waals surface area contributed by atoms with Gasteiger partial charge < -0.3 is 95.1 Å². The van der Waals surface area contributed by atoms with E-state index < -0.39 is 17.5 Å². The number of rotatable bonds is 45. The predicted molar refractivity (Wildman–Crippen MR) is 464 cm³/mol. The lowest BCUT2D eigenvalue weighted by molar-refractivity contribution is -0.141. The molecule has 0 aliphatic carbocycles. The smallest absolute Gasteiger partial charge is 0.330 e. The van der Waals surface area contributed by atoms with Crippen LogP contribution in [0.2, 0.25) is 0 Å². The molecule has 650 valence electrons. The third kappa shape index (κ3) is 27.0. The Labute approximate surface area is 721 Å². The van der Waals surface area contributed by atoms with Gasteiger partial charge in [-0.3, -0.25) is 0 Å². The predicted octanol–water partition coefficient (Wildman–Crippen LogP) is 15.2. The van der Waals surface area contributed by atoms with Crippen LogP contribution in [0.5, 0.6) is 46.0 Å². The Morgan fingerprint density at radius 1 is 0.301 bits per heavy atom. The van der Waals surface area contributed by atoms with Gasteiger partial charge in [0.05, 0.1) is 66.1 Å². The van der Waals surface area contributed by atoms with E-state index in [1.54, 1.807) is 0 Å². The summed E-state index contributed by atoms with van der Waals surface area (Å²) < 4.78 is 103. The first-order valence-corrected chi connectivity index (χ1v) is 42.5. The zero-order valence-electron chi connectivity index (χ0n) is 71.1. The van der Waals surface area contributed by atoms with Crippen molar-refractivity contribution in [2.45, 2.75) is 131 Å². The second-order valence-corrected chi connectivity index (χ2v) is 33.0. The minimum atomic E-state index is -0.905. The Kier molecular flexibility index (Phi) is 30.4. The number of hydrogen-bond acceptors (Lipinski definition) is 22. The average molecular weight is 1680 g/mol. The molecule has 0 spiro atoms. The van der Waals surface area contributed by atoms with Crippen molar-refractivity contribution >= 4 is 11.9 Å². The van der Waals surface area contributed by atoms with E-state index in [-0.39, 0.29) is 78.2 Å². The highest BCUT2D eigenvalue weighted by molar-refractivity contribution is 5.81. The maximum atomic E-state index is 11.0. The molecule has 8 heterocycles. The molecule has 8 aliphatic heterocycles. The van der Waals surface area contributed by atoms with Gasteiger partial charge in [0.25, 0.3) is 0 Å². The molecule has 17 rings (SSSR count). The van der Waals surface area contributed by atoms with Crippen LogP contribution in [0.3, 0.4) is 0 Å². The molecule has 22 nitrogen and oxygen atoms in total. The number of aliphatic hydroxyl groups excluding tert-OH is 1. The van der Waals surface area contributed by atoms with E-state index in [9.17, 15) is 14.7 Å². The van der Waals surface area contributed by atoms with Crippen molar-refractivity contribution < 1.29 is 105 Å². The molecule has 22 heteroatoms. The lowest BCUT2D eigenvalue weighted by Crippen LogP contribution is -2.26. The van der Waals surface area contributed by atoms with Gasteiger partial charge in [-0.25, -0.2) is 9.59 Å². The highest BCUT2D eigenvalue weighted by Gasteiger charge is 2.37. The van der Waals surface area contributed by atoms with Crippen molar-refractivity contribution in [2.24, 2.45) is 0 Å². The summed E-state index contributed by atoms with van der Waals surface area (Å²) in [4.78, 5) is 21.6. The van der Waals surface area contributed by atoms with Crippen molar-refractivity contribution in [3.63, 3.8) is 0 Å². The SMILES string of the molecule is C=CC(=O)OCC(O)COc1ccc(C(C)(C)c2ccc(OCC3CO3)cc2)cc1.C=CC(=O)OCCCCOCC1CO1.CC(C)(c1ccc(OCC2CO2)cc1)c1ccc(C(C)(c2ccc(OCC3CO3)cc2)c2ccc(OCC3CO3)cc2)cc1.CC(c1ccc(OCC2CO2)cc1)(c1ccc(OCC2CO2)cc1)c1ccc(OCC2CO2)cc1. The molecule has 8 fully saturated rings. The molecule has 0 saturated carbocycles. The molecule has 0 bridgehead atoms. The Morgan fingerprint density at radius 2 is 0.496 bits per heavy atom. The first kappa shape index (κ1) is 88.7. The molecule has 9 aromatic rings. The van der Waals surface area contributed by atoms with Crippen molar-refractivity contribution in [3.8, 4) is 46.0 Å². The number of carbonyl (C=O) groups is 2. The topological polar surface area (TPSA) is 256 Å². The van der Waals surface area contributed by atoms with Crippen molar-refractivity contribution in [2.75, 3.05) is 132 Å². The second kappa shape index (κ2) is 42.2. The first-order chi connectivity index (χ1) is 59.7. The lowest BCUT2D eigenvalue weighted by Gasteiger charge is -2.33. The summed E-state index contributed by atoms with van der Waals surface area (Å²) >= 11 is 0. The fourth-order valence-electron chi connectivity index (χ4n) is 13.7. The molecule has 1 N–H and O–H groups in total. The molecule has 9 unspecified atom stereocenters. The van der Waals surface area contributed by atoms with E-state index in [1.165, 1.54) is 56.1 Å². The number of epoxide rings is 8. The second-order valence-electron chi connectivity index (χ2n) is 33.0. The molecule has 123 heavy (non-hydrogen) atoms. The van der Waals surface area contributed by atoms with Crippen LogP contribution in [0.25, 0.3) is 0 Å². The zero-order chi connectivity index (χ0) is 85.6. The highest BCUT2D eigenvalue weighted by Crippen LogP contribution is 2.44. The summed E-state index contributed by atoms with van der Waals surface area (Å²) in [6.45, 7) is 32.2. The van der Waals surface area contributed by atoms with Gasteiger partial charge in [-0.05, 0) is 179 Å². The number of ether oxygens (including phenoxy) is 19. The van der Waals surface area contributed by atoms with Crippen molar-refractivity contribution in [1.29, 1.82) is 0 Å². The lowest BCUT2D eigenvalue weighted by atomic mass is 9.70. The molecule has 8 saturated heterocycles. The molecule has 0 amide bonds. The van der Waals surface area contributed by atoms with Gasteiger partial charge in [-0.1, -0.05) is 162 Å². The summed E-state index contributed by atoms with van der Waals surface area (Å²) in [5, 5.41) is 9.83. The van der Waals surface area contributed by atoms with Gasteiger partial charge in [-0.2, -0.15) is 0 Å². The van der Waals surface area contributed by atoms with Crippen LogP contribution in [0, 0.1) is 0 Å². The molecule has 0 radical (unpaired) electrons. The molecule has 9 aromatic carbocycles. The molecule has 8 aliphatic rings. The quantitative estimate of drug-likeness (QED) is 0.0122. The van der Waals surface area contributed by atoms with Gasteiger partial charge in [0.15, 0.2) is 0 Å². The van der Waals surface area contributed by atoms with E-state index in [1.807, 2.05) is 72.8 Å². The summed E-state index contributed by atoms with van der Waals surface area (Å²) in [6.07, 6.45) is 5.01. The van der Waals surface area contributed by atoms with Crippen molar-refractivity contribution in [1.82, 2.24) is 0 Å². The number of esters is 2. The van der Waals surface area contributed by atoms with E-state index in [2.05, 4.69) is 200 Å². The van der Waals surface area contributed by atoms with E-state index >= 15 is 0 Å². The van der Waals surface area contributed by atoms with Gasteiger partial charge in [0, 0.05) is 40.4 Å². The maximum absolute atomic E-state index is 11.0. The number of benzene rings is 9. The molecule has 0 aromatic heterocycles. The third-order valence-corrected chi connectivity index (χ3v) is 22.8. The van der Waals surface area contributed by atoms with Crippen LogP contribution in [-0.4, -0.2) is 204 Å². The molecule has 9 atom stereocenters. The van der Waals surface area contributed by atoms with E-state index in [4.69, 9.17) is 90.0 Å². The number of aliphatic hydroxyl groups is 1. The van der Waals surface area contributed by atoms with E-state index in [0.717, 1.165) is 118 Å². The maximum Gasteiger partial charge on any atom is 0.330 e. The van der Waals surface area contributed by atoms with Crippen LogP contribution >= 0.6 is 0 Å². The number of hydrogen-bond donors (Lipinski definition) is 1. The Bertz CT molecular complexity index is 4570. The largest absolute Gasteiger partial charge is 0.491 e. The Hall–Kier alpha value is -10.6. The normalized spacial score (nSPS) is 20.7. The summed E-state index contributed by atoms with van der Waals surface area (Å²) in [5.74, 6) is 5.67. The number of carbonyl (C=O) groups excluding carboxylic acids is 2. The van der Waals surface area contributed by atoms with Crippen LogP contribution < -0.4 is 37.9 Å². The Morgan fingerprint density at radius 3 is 0.732 bits per heavy atom. The summed E-state index contributed by atoms with van der Waals surface area (Å²) in [5.41, 5.74) is 10.7. The molecular formula is C101H114O22. The third-order valence-electron chi connectivity index (χ3n) is 22.8. The van der Waals surface area contributed by atoms with Crippen LogP contribution in [-0.2, 0) is 83.4 Å². The fraction of sp³-hybridized carbons (Fsp3) is 0.406. The standard InChI is InChI=1S/C38H40O6.C29H30O6.C24H28O6.C10H16O4/c1-37(2,27-8-14-31(15-9-27)39-20-34-23-42-34)26-4-6-28(7-5-26)38(3,29-10-16-32(17-11-29)40-21-35-24-43-35)30-12-18-33(19-13-30)41-22-36-25-44-36;1-29(20-2-8-23(9-3-20)30-14-26-17-33-26,21-4-10-24(11-5-21)31-15-27-18-34-27)22-6-12-25(13-7-22)32-16-28-19-35-28;1-4-23(26)30-14-19(25)13-27-20-9-5-17(6-10-20)24(2,3)18-7-11-21(12-8-18)28-15-22-16-29-22;1-2-10(11)13-6-4-3-5-12-7-9-8-14-9/h4-19,34-36H,20-25H2,1-3H3;2-13,26-28H,14-19H2,1H3;4-12,19,22,25H,1,13-16H2,2-3H3;2,9H,1,3-8H2. The Balaban J connectivity index is 0.000000141.